The summed E-state index contributed by atoms with van der Waals surface area (Å²) in [6.45, 7) is 14.3. The summed E-state index contributed by atoms with van der Waals surface area (Å²) in [5, 5.41) is 0. The summed E-state index contributed by atoms with van der Waals surface area (Å²) in [7, 11) is 0. The van der Waals surface area contributed by atoms with Crippen molar-refractivity contribution in [3.05, 3.63) is 0 Å². The van der Waals surface area contributed by atoms with E-state index in [0.717, 1.165) is 23.7 Å². The first-order valence-corrected chi connectivity index (χ1v) is 9.45. The fourth-order valence-corrected chi connectivity index (χ4v) is 3.00. The van der Waals surface area contributed by atoms with E-state index >= 15 is 0 Å². The Morgan fingerprint density at radius 1 is 0.522 bits per heavy atom. The van der Waals surface area contributed by atoms with Crippen LogP contribution < -0.4 is 24.8 Å². The molecule has 0 aliphatic carbocycles. The van der Waals surface area contributed by atoms with Crippen molar-refractivity contribution >= 4 is 0 Å². The van der Waals surface area contributed by atoms with E-state index in [1.165, 1.54) is 64.2 Å². The van der Waals surface area contributed by atoms with Crippen LogP contribution in [0.2, 0.25) is 0 Å². The van der Waals surface area contributed by atoms with E-state index in [9.17, 15) is 0 Å². The summed E-state index contributed by atoms with van der Waals surface area (Å²) < 4.78 is 0. The van der Waals surface area contributed by atoms with Crippen LogP contribution in [-0.4, -0.2) is 0 Å². The van der Waals surface area contributed by atoms with Crippen molar-refractivity contribution < 1.29 is 52.1 Å². The summed E-state index contributed by atoms with van der Waals surface area (Å²) in [5.41, 5.74) is 0. The van der Waals surface area contributed by atoms with Crippen LogP contribution in [0.1, 0.15) is 106 Å². The summed E-state index contributed by atoms with van der Waals surface area (Å²) in [6.07, 6.45) is 14.3. The van der Waals surface area contributed by atoms with Gasteiger partial charge in [0.25, 0.3) is 0 Å². The molecule has 0 saturated carbocycles. The molecule has 0 spiro atoms. The molecule has 0 aromatic carbocycles. The van der Waals surface area contributed by atoms with Gasteiger partial charge in [0.15, 0.2) is 0 Å². The quantitative estimate of drug-likeness (QED) is 0.362. The maximum absolute atomic E-state index is 2.46. The summed E-state index contributed by atoms with van der Waals surface area (Å²) >= 11 is 0. The van der Waals surface area contributed by atoms with Crippen molar-refractivity contribution in [1.29, 1.82) is 0 Å². The maximum atomic E-state index is 2.46. The molecule has 0 nitrogen and oxygen atoms in total. The monoisotopic (exact) mass is 466 g/mol. The average molecular weight is 466 g/mol. The molecule has 3 heteroatoms. The van der Waals surface area contributed by atoms with Crippen LogP contribution in [-0.2, 0) is 27.3 Å². The molecule has 0 amide bonds. The Morgan fingerprint density at radius 3 is 1.13 bits per heavy atom. The van der Waals surface area contributed by atoms with Crippen LogP contribution in [0.5, 0.6) is 0 Å². The predicted molar refractivity (Wildman–Crippen MR) is 94.2 cm³/mol. The molecule has 0 radical (unpaired) electrons. The second kappa shape index (κ2) is 21.5. The van der Waals surface area contributed by atoms with Gasteiger partial charge in [0.2, 0.25) is 0 Å². The number of hydrogen-bond acceptors (Lipinski definition) is 0. The third-order valence-electron chi connectivity index (χ3n) is 4.96. The fraction of sp³-hybridized carbons (Fsp3) is 1.00. The zero-order valence-corrected chi connectivity index (χ0v) is 22.4. The Morgan fingerprint density at radius 2 is 0.826 bits per heavy atom. The Labute approximate surface area is 180 Å². The van der Waals surface area contributed by atoms with Crippen molar-refractivity contribution in [1.82, 2.24) is 0 Å². The van der Waals surface area contributed by atoms with Gasteiger partial charge in [0, 0.05) is 0 Å². The van der Waals surface area contributed by atoms with Crippen molar-refractivity contribution in [3.8, 4) is 0 Å². The van der Waals surface area contributed by atoms with Gasteiger partial charge in [0.05, 0.1) is 0 Å². The molecule has 3 unspecified atom stereocenters. The molecule has 0 heterocycles. The van der Waals surface area contributed by atoms with E-state index in [1.54, 1.807) is 0 Å². The molecular weight excluding hydrogens is 424 g/mol. The van der Waals surface area contributed by atoms with Gasteiger partial charge in [-0.3, -0.25) is 0 Å². The van der Waals surface area contributed by atoms with Gasteiger partial charge in [-0.25, -0.2) is 0 Å². The first-order chi connectivity index (χ1) is 9.45. The van der Waals surface area contributed by atoms with Crippen LogP contribution in [0.4, 0.5) is 0 Å². The first-order valence-electron chi connectivity index (χ1n) is 9.45. The zero-order valence-electron chi connectivity index (χ0n) is 16.8. The molecule has 0 aliphatic heterocycles. The maximum Gasteiger partial charge on any atom is 2.00 e. The van der Waals surface area contributed by atoms with Crippen molar-refractivity contribution in [2.24, 2.45) is 23.7 Å². The minimum atomic E-state index is 0. The largest absolute Gasteiger partial charge is 2.00 e. The molecule has 0 saturated heterocycles. The smallest absolute Gasteiger partial charge is 1.00 e. The molecular formula is C20H42CdCl2. The van der Waals surface area contributed by atoms with E-state index in [1.807, 2.05) is 0 Å². The summed E-state index contributed by atoms with van der Waals surface area (Å²) in [5.74, 6) is 3.71. The number of halogens is 2. The van der Waals surface area contributed by atoms with Crippen molar-refractivity contribution in [2.75, 3.05) is 0 Å². The number of rotatable bonds is 13. The van der Waals surface area contributed by atoms with Gasteiger partial charge >= 0.3 is 27.3 Å². The van der Waals surface area contributed by atoms with E-state index in [0.29, 0.717) is 0 Å². The molecule has 138 valence electrons. The van der Waals surface area contributed by atoms with Crippen LogP contribution >= 0.6 is 0 Å². The molecule has 0 fully saturated rings. The molecule has 0 aromatic heterocycles. The molecule has 3 atom stereocenters. The number of hydrogen-bond donors (Lipinski definition) is 0. The second-order valence-corrected chi connectivity index (χ2v) is 7.91. The third kappa shape index (κ3) is 23.5. The van der Waals surface area contributed by atoms with Gasteiger partial charge in [0.1, 0.15) is 0 Å². The summed E-state index contributed by atoms with van der Waals surface area (Å²) in [4.78, 5) is 0. The van der Waals surface area contributed by atoms with Crippen LogP contribution in [0.15, 0.2) is 0 Å². The molecule has 0 aromatic rings. The van der Waals surface area contributed by atoms with Gasteiger partial charge < -0.3 is 24.8 Å². The van der Waals surface area contributed by atoms with Crippen LogP contribution in [0.3, 0.4) is 0 Å². The molecule has 0 aliphatic rings. The first kappa shape index (κ1) is 32.2. The van der Waals surface area contributed by atoms with Crippen LogP contribution in [0.25, 0.3) is 0 Å². The molecule has 23 heavy (non-hydrogen) atoms. The summed E-state index contributed by atoms with van der Waals surface area (Å²) in [6, 6.07) is 0. The zero-order chi connectivity index (χ0) is 15.4. The Kier molecular flexibility index (Phi) is 30.2. The average Bonchev–Trinajstić information content (AvgIpc) is 2.38. The fourth-order valence-electron chi connectivity index (χ4n) is 3.00. The Bertz CT molecular complexity index is 210. The van der Waals surface area contributed by atoms with E-state index in [2.05, 4.69) is 41.5 Å². The van der Waals surface area contributed by atoms with E-state index in [4.69, 9.17) is 0 Å². The molecule has 0 rings (SSSR count). The van der Waals surface area contributed by atoms with Gasteiger partial charge in [-0.05, 0) is 23.7 Å². The van der Waals surface area contributed by atoms with Gasteiger partial charge in [-0.1, -0.05) is 106 Å². The van der Waals surface area contributed by atoms with Gasteiger partial charge in [-0.2, -0.15) is 0 Å². The van der Waals surface area contributed by atoms with Crippen molar-refractivity contribution in [2.45, 2.75) is 106 Å². The molecule has 0 bridgehead atoms. The predicted octanol–water partition coefficient (Wildman–Crippen LogP) is 1.48. The second-order valence-electron chi connectivity index (χ2n) is 7.91. The Hall–Kier alpha value is 1.50. The van der Waals surface area contributed by atoms with E-state index in [-0.39, 0.29) is 52.1 Å². The SMILES string of the molecule is CCC(C)CCCC(C)CCCC(C)CCCC(C)C.[Cd+2].[Cl-].[Cl-]. The van der Waals surface area contributed by atoms with E-state index < -0.39 is 0 Å². The Balaban J connectivity index is -0.000000602. The molecule has 0 N–H and O–H groups in total. The van der Waals surface area contributed by atoms with Crippen LogP contribution in [0, 0.1) is 23.7 Å². The topological polar surface area (TPSA) is 0 Å². The van der Waals surface area contributed by atoms with Gasteiger partial charge in [-0.15, -0.1) is 0 Å². The minimum absolute atomic E-state index is 0. The van der Waals surface area contributed by atoms with Crippen molar-refractivity contribution in [3.63, 3.8) is 0 Å². The minimum Gasteiger partial charge on any atom is -1.00 e. The standard InChI is InChI=1S/C20H42.Cd.2ClH/c1-7-18(4)12-9-14-20(6)16-10-15-19(5)13-8-11-17(2)3;;;/h17-20H,7-16H2,1-6H3;;2*1H/q;+2;;/p-2. The normalized spacial score (nSPS) is 14.2. The third-order valence-corrected chi connectivity index (χ3v) is 4.96.